The van der Waals surface area contributed by atoms with Crippen LogP contribution in [-0.4, -0.2) is 17.7 Å². The summed E-state index contributed by atoms with van der Waals surface area (Å²) in [4.78, 5) is 10.5. The Balaban J connectivity index is 2.92. The van der Waals surface area contributed by atoms with Crippen molar-refractivity contribution in [3.8, 4) is 5.75 Å². The van der Waals surface area contributed by atoms with Crippen LogP contribution in [0.2, 0.25) is 5.02 Å². The Morgan fingerprint density at radius 2 is 2.22 bits per heavy atom. The molecule has 0 aliphatic rings. The highest BCUT2D eigenvalue weighted by Crippen LogP contribution is 2.24. The van der Waals surface area contributed by atoms with Crippen LogP contribution in [0, 0.1) is 0 Å². The summed E-state index contributed by atoms with van der Waals surface area (Å²) in [5, 5.41) is 9.12. The Bertz CT molecular complexity index is 493. The molecule has 0 aromatic heterocycles. The minimum absolute atomic E-state index is 0.332. The lowest BCUT2D eigenvalue weighted by Crippen LogP contribution is -1.99. The molecule has 0 unspecified atom stereocenters. The summed E-state index contributed by atoms with van der Waals surface area (Å²) in [6.45, 7) is 2.16. The van der Waals surface area contributed by atoms with E-state index < -0.39 is 5.97 Å². The fraction of sp³-hybridized carbons (Fsp3) is 0.154. The fourth-order valence-electron chi connectivity index (χ4n) is 1.17. The number of carboxylic acid groups (broad SMARTS) is 1. The summed E-state index contributed by atoms with van der Waals surface area (Å²) in [7, 11) is 0. The van der Waals surface area contributed by atoms with Gasteiger partial charge in [0.15, 0.2) is 0 Å². The number of benzene rings is 1. The lowest BCUT2D eigenvalue weighted by molar-refractivity contribution is -0.131. The van der Waals surface area contributed by atoms with Crippen molar-refractivity contribution >= 4 is 35.2 Å². The van der Waals surface area contributed by atoms with Crippen LogP contribution in [0.3, 0.4) is 0 Å². The van der Waals surface area contributed by atoms with E-state index in [2.05, 4.69) is 0 Å². The Hall–Kier alpha value is -1.45. The largest absolute Gasteiger partial charge is 0.489 e. The Labute approximate surface area is 115 Å². The average Bonchev–Trinajstić information content (AvgIpc) is 2.34. The molecule has 0 saturated carbocycles. The second-order valence-corrected chi connectivity index (χ2v) is 4.25. The zero-order valence-corrected chi connectivity index (χ0v) is 11.2. The van der Waals surface area contributed by atoms with Gasteiger partial charge in [0.25, 0.3) is 0 Å². The maximum absolute atomic E-state index is 10.5. The van der Waals surface area contributed by atoms with Crippen molar-refractivity contribution in [3.63, 3.8) is 0 Å². The highest BCUT2D eigenvalue weighted by atomic mass is 35.5. The van der Waals surface area contributed by atoms with Gasteiger partial charge in [0, 0.05) is 22.2 Å². The molecule has 0 atom stereocenters. The molecule has 0 radical (unpaired) electrons. The van der Waals surface area contributed by atoms with Crippen LogP contribution in [0.25, 0.3) is 6.08 Å². The van der Waals surface area contributed by atoms with Crippen molar-refractivity contribution in [2.24, 2.45) is 0 Å². The van der Waals surface area contributed by atoms with Crippen molar-refractivity contribution < 1.29 is 14.6 Å². The zero-order chi connectivity index (χ0) is 13.5. The summed E-state index contributed by atoms with van der Waals surface area (Å²) >= 11 is 11.4. The molecule has 1 rings (SSSR count). The van der Waals surface area contributed by atoms with Gasteiger partial charge >= 0.3 is 5.97 Å². The third-order valence-corrected chi connectivity index (χ3v) is 2.63. The smallest absolute Gasteiger partial charge is 0.328 e. The first-order chi connectivity index (χ1) is 8.52. The van der Waals surface area contributed by atoms with E-state index in [0.29, 0.717) is 22.9 Å². The standard InChI is InChI=1S/C13H12Cl2O3/c1-9(7-14)8-18-12-4-3-11(15)6-10(12)2-5-13(16)17/h2-7H,8H2,1H3,(H,16,17)/b5-2+,9-7-. The molecule has 1 aromatic rings. The number of halogens is 2. The van der Waals surface area contributed by atoms with Crippen molar-refractivity contribution in [2.45, 2.75) is 6.92 Å². The molecule has 0 amide bonds. The molecule has 0 saturated heterocycles. The van der Waals surface area contributed by atoms with Gasteiger partial charge in [0.2, 0.25) is 0 Å². The van der Waals surface area contributed by atoms with E-state index in [-0.39, 0.29) is 0 Å². The molecule has 5 heteroatoms. The predicted molar refractivity (Wildman–Crippen MR) is 73.2 cm³/mol. The van der Waals surface area contributed by atoms with Crippen molar-refractivity contribution in [1.82, 2.24) is 0 Å². The van der Waals surface area contributed by atoms with E-state index in [1.54, 1.807) is 18.2 Å². The van der Waals surface area contributed by atoms with Crippen molar-refractivity contribution in [1.29, 1.82) is 0 Å². The molecule has 0 bridgehead atoms. The minimum Gasteiger partial charge on any atom is -0.489 e. The summed E-state index contributed by atoms with van der Waals surface area (Å²) in [5.41, 5.74) is 2.90. The van der Waals surface area contributed by atoms with Crippen LogP contribution in [0.5, 0.6) is 5.75 Å². The normalized spacial score (nSPS) is 11.8. The molecule has 1 N–H and O–H groups in total. The molecule has 0 spiro atoms. The Morgan fingerprint density at radius 1 is 1.50 bits per heavy atom. The van der Waals surface area contributed by atoms with Gasteiger partial charge in [-0.05, 0) is 36.8 Å². The number of ether oxygens (including phenoxy) is 1. The molecular formula is C13H12Cl2O3. The van der Waals surface area contributed by atoms with Crippen molar-refractivity contribution in [3.05, 3.63) is 46.0 Å². The molecular weight excluding hydrogens is 275 g/mol. The van der Waals surface area contributed by atoms with Gasteiger partial charge in [-0.1, -0.05) is 23.2 Å². The van der Waals surface area contributed by atoms with Gasteiger partial charge < -0.3 is 9.84 Å². The molecule has 0 aliphatic heterocycles. The topological polar surface area (TPSA) is 46.5 Å². The number of hydrogen-bond donors (Lipinski definition) is 1. The van der Waals surface area contributed by atoms with E-state index in [9.17, 15) is 4.79 Å². The van der Waals surface area contributed by atoms with Gasteiger partial charge in [0.1, 0.15) is 12.4 Å². The summed E-state index contributed by atoms with van der Waals surface area (Å²) in [6.07, 6.45) is 2.46. The SMILES string of the molecule is C/C(=C/Cl)COc1ccc(Cl)cc1/C=C/C(=O)O. The van der Waals surface area contributed by atoms with E-state index in [0.717, 1.165) is 11.6 Å². The maximum Gasteiger partial charge on any atom is 0.328 e. The van der Waals surface area contributed by atoms with Gasteiger partial charge in [0.05, 0.1) is 0 Å². The van der Waals surface area contributed by atoms with Crippen LogP contribution >= 0.6 is 23.2 Å². The maximum atomic E-state index is 10.5. The van der Waals surface area contributed by atoms with Crippen LogP contribution < -0.4 is 4.74 Å². The van der Waals surface area contributed by atoms with Gasteiger partial charge in [-0.25, -0.2) is 4.79 Å². The molecule has 0 aliphatic carbocycles. The fourth-order valence-corrected chi connectivity index (χ4v) is 1.41. The Kier molecular flexibility index (Phi) is 5.75. The monoisotopic (exact) mass is 286 g/mol. The lowest BCUT2D eigenvalue weighted by atomic mass is 10.2. The van der Waals surface area contributed by atoms with E-state index in [1.165, 1.54) is 11.6 Å². The van der Waals surface area contributed by atoms with Gasteiger partial charge in [-0.15, -0.1) is 0 Å². The number of hydrogen-bond acceptors (Lipinski definition) is 2. The number of carbonyl (C=O) groups is 1. The quantitative estimate of drug-likeness (QED) is 0.834. The first-order valence-electron chi connectivity index (χ1n) is 5.12. The second kappa shape index (κ2) is 7.09. The van der Waals surface area contributed by atoms with E-state index >= 15 is 0 Å². The van der Waals surface area contributed by atoms with Gasteiger partial charge in [-0.3, -0.25) is 0 Å². The second-order valence-electron chi connectivity index (χ2n) is 3.60. The minimum atomic E-state index is -1.03. The summed E-state index contributed by atoms with van der Waals surface area (Å²) in [5.74, 6) is -0.479. The molecule has 18 heavy (non-hydrogen) atoms. The third kappa shape index (κ3) is 4.82. The molecule has 96 valence electrons. The van der Waals surface area contributed by atoms with Crippen LogP contribution in [0.1, 0.15) is 12.5 Å². The van der Waals surface area contributed by atoms with Crippen LogP contribution in [0.15, 0.2) is 35.4 Å². The Morgan fingerprint density at radius 3 is 2.83 bits per heavy atom. The molecule has 0 fully saturated rings. The van der Waals surface area contributed by atoms with Crippen LogP contribution in [0.4, 0.5) is 0 Å². The summed E-state index contributed by atoms with van der Waals surface area (Å²) < 4.78 is 5.52. The zero-order valence-electron chi connectivity index (χ0n) is 9.69. The highest BCUT2D eigenvalue weighted by molar-refractivity contribution is 6.30. The van der Waals surface area contributed by atoms with Crippen molar-refractivity contribution in [2.75, 3.05) is 6.61 Å². The van der Waals surface area contributed by atoms with Crippen LogP contribution in [-0.2, 0) is 4.79 Å². The highest BCUT2D eigenvalue weighted by Gasteiger charge is 2.03. The van der Waals surface area contributed by atoms with E-state index in [1.807, 2.05) is 6.92 Å². The average molecular weight is 287 g/mol. The molecule has 0 heterocycles. The third-order valence-electron chi connectivity index (χ3n) is 2.02. The number of rotatable bonds is 5. The first-order valence-corrected chi connectivity index (χ1v) is 5.93. The number of carboxylic acids is 1. The molecule has 1 aromatic carbocycles. The number of aliphatic carboxylic acids is 1. The lowest BCUT2D eigenvalue weighted by Gasteiger charge is -2.09. The summed E-state index contributed by atoms with van der Waals surface area (Å²) in [6, 6.07) is 5.00. The van der Waals surface area contributed by atoms with E-state index in [4.69, 9.17) is 33.0 Å². The predicted octanol–water partition coefficient (Wildman–Crippen LogP) is 3.96. The van der Waals surface area contributed by atoms with Gasteiger partial charge in [-0.2, -0.15) is 0 Å². The first kappa shape index (κ1) is 14.6. The molecule has 3 nitrogen and oxygen atoms in total.